The zero-order valence-corrected chi connectivity index (χ0v) is 21.6. The number of hydrogen-bond donors (Lipinski definition) is 3. The van der Waals surface area contributed by atoms with Crippen LogP contribution in [0.2, 0.25) is 0 Å². The number of carbonyl (C=O) groups is 2. The van der Waals surface area contributed by atoms with E-state index >= 15 is 0 Å². The monoisotopic (exact) mass is 484 g/mol. The van der Waals surface area contributed by atoms with Crippen LogP contribution in [-0.2, 0) is 9.47 Å². The molecule has 0 saturated carbocycles. The van der Waals surface area contributed by atoms with Crippen LogP contribution < -0.4 is 0 Å². The van der Waals surface area contributed by atoms with Crippen molar-refractivity contribution in [3.05, 3.63) is 11.6 Å². The molecule has 2 amide bonds. The normalized spacial score (nSPS) is 26.4. The van der Waals surface area contributed by atoms with Crippen molar-refractivity contribution in [1.82, 2.24) is 9.80 Å². The van der Waals surface area contributed by atoms with Gasteiger partial charge in [0.1, 0.15) is 17.4 Å². The molecule has 0 spiro atoms. The van der Waals surface area contributed by atoms with Crippen molar-refractivity contribution in [2.75, 3.05) is 13.1 Å². The van der Waals surface area contributed by atoms with Crippen molar-refractivity contribution in [3.8, 4) is 0 Å². The molecule has 3 N–H and O–H groups in total. The largest absolute Gasteiger partial charge is 0.444 e. The smallest absolute Gasteiger partial charge is 0.412 e. The number of aliphatic hydroxyl groups is 3. The molecule has 9 nitrogen and oxygen atoms in total. The molecule has 196 valence electrons. The topological polar surface area (TPSA) is 120 Å². The fraction of sp³-hybridized carbons (Fsp3) is 0.840. The number of nitrogens with zero attached hydrogens (tertiary/aromatic N) is 2. The van der Waals surface area contributed by atoms with Gasteiger partial charge in [-0.25, -0.2) is 9.59 Å². The lowest BCUT2D eigenvalue weighted by atomic mass is 9.88. The summed E-state index contributed by atoms with van der Waals surface area (Å²) < 4.78 is 10.8. The molecule has 34 heavy (non-hydrogen) atoms. The van der Waals surface area contributed by atoms with E-state index in [0.29, 0.717) is 51.6 Å². The summed E-state index contributed by atoms with van der Waals surface area (Å²) >= 11 is 0. The van der Waals surface area contributed by atoms with Crippen molar-refractivity contribution in [3.63, 3.8) is 0 Å². The van der Waals surface area contributed by atoms with Crippen LogP contribution >= 0.6 is 0 Å². The predicted molar refractivity (Wildman–Crippen MR) is 128 cm³/mol. The van der Waals surface area contributed by atoms with Gasteiger partial charge in [0.25, 0.3) is 0 Å². The molecule has 2 heterocycles. The minimum Gasteiger partial charge on any atom is -0.444 e. The first-order valence-electron chi connectivity index (χ1n) is 12.4. The highest BCUT2D eigenvalue weighted by Crippen LogP contribution is 2.29. The lowest BCUT2D eigenvalue weighted by molar-refractivity contribution is -0.104. The third kappa shape index (κ3) is 8.43. The molecule has 0 bridgehead atoms. The fourth-order valence-electron chi connectivity index (χ4n) is 4.37. The van der Waals surface area contributed by atoms with E-state index in [1.165, 1.54) is 9.80 Å². The maximum Gasteiger partial charge on any atom is 0.412 e. The quantitative estimate of drug-likeness (QED) is 0.401. The molecular weight excluding hydrogens is 440 g/mol. The maximum atomic E-state index is 12.4. The van der Waals surface area contributed by atoms with Gasteiger partial charge in [0.15, 0.2) is 6.23 Å². The van der Waals surface area contributed by atoms with E-state index in [1.807, 2.05) is 6.08 Å². The molecule has 4 atom stereocenters. The first kappa shape index (κ1) is 28.4. The predicted octanol–water partition coefficient (Wildman–Crippen LogP) is 3.76. The molecule has 9 heteroatoms. The van der Waals surface area contributed by atoms with Crippen molar-refractivity contribution in [1.29, 1.82) is 0 Å². The van der Waals surface area contributed by atoms with E-state index in [9.17, 15) is 24.9 Å². The number of carbonyl (C=O) groups excluding carboxylic acids is 2. The SMILES string of the molecule is CC(C)(C)OC(=O)N1CCC/C(=C\CCCC(O)C2CCCN(C(=O)OC(C)(C)C)C2O)C1O. The summed E-state index contributed by atoms with van der Waals surface area (Å²) in [6, 6.07) is 0. The van der Waals surface area contributed by atoms with Crippen LogP contribution in [0.1, 0.15) is 86.5 Å². The van der Waals surface area contributed by atoms with E-state index in [0.717, 1.165) is 12.0 Å². The lowest BCUT2D eigenvalue weighted by Crippen LogP contribution is -2.52. The maximum absolute atomic E-state index is 12.4. The van der Waals surface area contributed by atoms with Gasteiger partial charge < -0.3 is 24.8 Å². The van der Waals surface area contributed by atoms with Gasteiger partial charge in [-0.3, -0.25) is 9.80 Å². The Balaban J connectivity index is 1.86. The van der Waals surface area contributed by atoms with Gasteiger partial charge in [-0.1, -0.05) is 6.08 Å². The molecule has 0 aromatic rings. The van der Waals surface area contributed by atoms with Crippen molar-refractivity contribution < 1.29 is 34.4 Å². The van der Waals surface area contributed by atoms with Gasteiger partial charge in [0, 0.05) is 19.0 Å². The Bertz CT molecular complexity index is 726. The molecule has 2 aliphatic heterocycles. The van der Waals surface area contributed by atoms with Crippen LogP contribution in [-0.4, -0.2) is 80.2 Å². The number of rotatable bonds is 5. The number of piperidine rings is 2. The molecule has 0 aromatic carbocycles. The first-order valence-corrected chi connectivity index (χ1v) is 12.4. The van der Waals surface area contributed by atoms with Crippen molar-refractivity contribution in [2.45, 2.75) is 116 Å². The number of allylic oxidation sites excluding steroid dienone is 1. The second kappa shape index (κ2) is 11.7. The third-order valence-electron chi connectivity index (χ3n) is 5.99. The highest BCUT2D eigenvalue weighted by atomic mass is 16.6. The van der Waals surface area contributed by atoms with E-state index in [-0.39, 0.29) is 0 Å². The van der Waals surface area contributed by atoms with E-state index in [2.05, 4.69) is 0 Å². The average molecular weight is 485 g/mol. The Morgan fingerprint density at radius 1 is 1.00 bits per heavy atom. The van der Waals surface area contributed by atoms with E-state index in [1.54, 1.807) is 41.5 Å². The van der Waals surface area contributed by atoms with E-state index in [4.69, 9.17) is 9.47 Å². The third-order valence-corrected chi connectivity index (χ3v) is 5.99. The Hall–Kier alpha value is -1.84. The summed E-state index contributed by atoms with van der Waals surface area (Å²) in [5.74, 6) is -0.433. The van der Waals surface area contributed by atoms with Crippen LogP contribution in [0.25, 0.3) is 0 Å². The Morgan fingerprint density at radius 2 is 1.56 bits per heavy atom. The summed E-state index contributed by atoms with van der Waals surface area (Å²) in [6.07, 6.45) is 2.50. The van der Waals surface area contributed by atoms with Gasteiger partial charge in [0.05, 0.1) is 6.10 Å². The second-order valence-electron chi connectivity index (χ2n) is 11.3. The summed E-state index contributed by atoms with van der Waals surface area (Å²) in [7, 11) is 0. The minimum absolute atomic E-state index is 0.400. The summed E-state index contributed by atoms with van der Waals surface area (Å²) in [6.45, 7) is 11.5. The number of unbranched alkanes of at least 4 members (excludes halogenated alkanes) is 1. The van der Waals surface area contributed by atoms with Crippen LogP contribution in [0, 0.1) is 5.92 Å². The molecule has 0 aliphatic carbocycles. The summed E-state index contributed by atoms with van der Waals surface area (Å²) in [5.41, 5.74) is -0.504. The van der Waals surface area contributed by atoms with Gasteiger partial charge >= 0.3 is 12.2 Å². The highest BCUT2D eigenvalue weighted by molar-refractivity contribution is 5.69. The Morgan fingerprint density at radius 3 is 2.15 bits per heavy atom. The summed E-state index contributed by atoms with van der Waals surface area (Å²) in [5, 5.41) is 32.0. The molecule has 0 aromatic heterocycles. The van der Waals surface area contributed by atoms with Crippen LogP contribution in [0.4, 0.5) is 9.59 Å². The van der Waals surface area contributed by atoms with Gasteiger partial charge in [-0.05, 0) is 92.1 Å². The van der Waals surface area contributed by atoms with E-state index < -0.39 is 47.9 Å². The number of likely N-dealkylation sites (tertiary alicyclic amines) is 2. The molecule has 2 aliphatic rings. The highest BCUT2D eigenvalue weighted by Gasteiger charge is 2.38. The molecule has 2 saturated heterocycles. The van der Waals surface area contributed by atoms with Gasteiger partial charge in [-0.2, -0.15) is 0 Å². The summed E-state index contributed by atoms with van der Waals surface area (Å²) in [4.78, 5) is 27.4. The van der Waals surface area contributed by atoms with Crippen molar-refractivity contribution in [2.24, 2.45) is 5.92 Å². The molecule has 4 unspecified atom stereocenters. The minimum atomic E-state index is -1.08. The zero-order valence-electron chi connectivity index (χ0n) is 21.6. The number of amides is 2. The Kier molecular flexibility index (Phi) is 9.80. The van der Waals surface area contributed by atoms with Crippen LogP contribution in [0.5, 0.6) is 0 Å². The second-order valence-corrected chi connectivity index (χ2v) is 11.3. The molecule has 2 fully saturated rings. The molecule has 0 radical (unpaired) electrons. The average Bonchev–Trinajstić information content (AvgIpc) is 2.69. The van der Waals surface area contributed by atoms with Crippen LogP contribution in [0.3, 0.4) is 0 Å². The number of aliphatic hydroxyl groups excluding tert-OH is 3. The lowest BCUT2D eigenvalue weighted by Gasteiger charge is -2.40. The Labute approximate surface area is 203 Å². The molecule has 2 rings (SSSR count). The zero-order chi connectivity index (χ0) is 25.7. The van der Waals surface area contributed by atoms with Gasteiger partial charge in [-0.15, -0.1) is 0 Å². The van der Waals surface area contributed by atoms with Crippen LogP contribution in [0.15, 0.2) is 11.6 Å². The first-order chi connectivity index (χ1) is 15.7. The number of hydrogen-bond acceptors (Lipinski definition) is 7. The fourth-order valence-corrected chi connectivity index (χ4v) is 4.37. The van der Waals surface area contributed by atoms with Crippen molar-refractivity contribution >= 4 is 12.2 Å². The number of ether oxygens (including phenoxy) is 2. The van der Waals surface area contributed by atoms with Gasteiger partial charge in [0.2, 0.25) is 0 Å². The standard InChI is InChI=1S/C25H44N2O7/c1-24(2,3)33-22(31)26-15-9-12-17(20(26)29)11-7-8-14-19(28)18-13-10-16-27(21(18)30)23(32)34-25(4,5)6/h11,18-21,28-30H,7-10,12-16H2,1-6H3/b17-11+. The molecular formula is C25H44N2O7.